The normalized spacial score (nSPS) is 19.9. The molecule has 1 saturated heterocycles. The smallest absolute Gasteiger partial charge is 0.272 e. The van der Waals surface area contributed by atoms with E-state index in [1.165, 1.54) is 6.42 Å². The molecule has 1 amide bonds. The maximum absolute atomic E-state index is 12.3. The van der Waals surface area contributed by atoms with Crippen molar-refractivity contribution >= 4 is 21.8 Å². The highest BCUT2D eigenvalue weighted by Crippen LogP contribution is 2.20. The minimum Gasteiger partial charge on any atom is -0.337 e. The standard InChI is InChI=1S/C13H18BrN3O/c14-11-3-4-12(16-8-11)13(18)17-7-1-2-10(9-17)5-6-15/h3-4,8,10H,1-2,5-7,9,15H2. The minimum absolute atomic E-state index is 0.0317. The Labute approximate surface area is 116 Å². The lowest BCUT2D eigenvalue weighted by molar-refractivity contribution is 0.0663. The van der Waals surface area contributed by atoms with E-state index < -0.39 is 0 Å². The SMILES string of the molecule is NCCC1CCCN(C(=O)c2ccc(Br)cn2)C1. The second-order valence-electron chi connectivity index (χ2n) is 4.70. The number of carbonyl (C=O) groups is 1. The fraction of sp³-hybridized carbons (Fsp3) is 0.538. The van der Waals surface area contributed by atoms with Gasteiger partial charge in [0.25, 0.3) is 5.91 Å². The van der Waals surface area contributed by atoms with E-state index in [0.717, 1.165) is 30.4 Å². The number of likely N-dealkylation sites (tertiary alicyclic amines) is 1. The van der Waals surface area contributed by atoms with Crippen molar-refractivity contribution < 1.29 is 4.79 Å². The highest BCUT2D eigenvalue weighted by Gasteiger charge is 2.24. The topological polar surface area (TPSA) is 59.2 Å². The summed E-state index contributed by atoms with van der Waals surface area (Å²) in [7, 11) is 0. The van der Waals surface area contributed by atoms with E-state index in [2.05, 4.69) is 20.9 Å². The van der Waals surface area contributed by atoms with Gasteiger partial charge in [-0.15, -0.1) is 0 Å². The number of carbonyl (C=O) groups excluding carboxylic acids is 1. The monoisotopic (exact) mass is 311 g/mol. The molecule has 4 nitrogen and oxygen atoms in total. The second-order valence-corrected chi connectivity index (χ2v) is 5.61. The van der Waals surface area contributed by atoms with E-state index in [1.807, 2.05) is 11.0 Å². The van der Waals surface area contributed by atoms with Crippen molar-refractivity contribution in [1.29, 1.82) is 0 Å². The van der Waals surface area contributed by atoms with Crippen molar-refractivity contribution in [3.8, 4) is 0 Å². The number of nitrogens with zero attached hydrogens (tertiary/aromatic N) is 2. The molecule has 1 fully saturated rings. The van der Waals surface area contributed by atoms with E-state index in [1.54, 1.807) is 12.3 Å². The molecule has 18 heavy (non-hydrogen) atoms. The molecule has 1 unspecified atom stereocenters. The van der Waals surface area contributed by atoms with Crippen LogP contribution in [0.1, 0.15) is 29.8 Å². The lowest BCUT2D eigenvalue weighted by atomic mass is 9.94. The average Bonchev–Trinajstić information content (AvgIpc) is 2.39. The molecule has 2 rings (SSSR count). The number of halogens is 1. The average molecular weight is 312 g/mol. The molecule has 2 heterocycles. The number of rotatable bonds is 3. The van der Waals surface area contributed by atoms with Crippen LogP contribution in [-0.2, 0) is 0 Å². The summed E-state index contributed by atoms with van der Waals surface area (Å²) in [6, 6.07) is 3.61. The van der Waals surface area contributed by atoms with Gasteiger partial charge in [0.05, 0.1) is 0 Å². The Bertz CT molecular complexity index is 405. The third-order valence-electron chi connectivity index (χ3n) is 3.33. The van der Waals surface area contributed by atoms with Crippen molar-refractivity contribution in [2.45, 2.75) is 19.3 Å². The van der Waals surface area contributed by atoms with Crippen molar-refractivity contribution in [3.05, 3.63) is 28.5 Å². The van der Waals surface area contributed by atoms with Crippen molar-refractivity contribution in [2.75, 3.05) is 19.6 Å². The van der Waals surface area contributed by atoms with E-state index in [0.29, 0.717) is 18.2 Å². The first-order chi connectivity index (χ1) is 8.70. The Morgan fingerprint density at radius 3 is 3.06 bits per heavy atom. The van der Waals surface area contributed by atoms with Gasteiger partial charge in [-0.2, -0.15) is 0 Å². The van der Waals surface area contributed by atoms with Crippen LogP contribution in [0.2, 0.25) is 0 Å². The van der Waals surface area contributed by atoms with Gasteiger partial charge in [-0.05, 0) is 59.8 Å². The van der Waals surface area contributed by atoms with Gasteiger partial charge in [0.15, 0.2) is 0 Å². The molecule has 2 N–H and O–H groups in total. The van der Waals surface area contributed by atoms with Gasteiger partial charge in [0.1, 0.15) is 5.69 Å². The number of nitrogens with two attached hydrogens (primary N) is 1. The first-order valence-corrected chi connectivity index (χ1v) is 7.11. The van der Waals surface area contributed by atoms with Gasteiger partial charge in [-0.3, -0.25) is 4.79 Å². The molecular weight excluding hydrogens is 294 g/mol. The van der Waals surface area contributed by atoms with Gasteiger partial charge >= 0.3 is 0 Å². The predicted octanol–water partition coefficient (Wildman–Crippen LogP) is 2.05. The highest BCUT2D eigenvalue weighted by atomic mass is 79.9. The molecule has 1 atom stereocenters. The van der Waals surface area contributed by atoms with E-state index in [-0.39, 0.29) is 5.91 Å². The maximum Gasteiger partial charge on any atom is 0.272 e. The molecule has 1 aromatic heterocycles. The molecular formula is C13H18BrN3O. The summed E-state index contributed by atoms with van der Waals surface area (Å²) in [6.45, 7) is 2.34. The zero-order valence-electron chi connectivity index (χ0n) is 10.3. The van der Waals surface area contributed by atoms with Crippen LogP contribution >= 0.6 is 15.9 Å². The molecule has 0 bridgehead atoms. The predicted molar refractivity (Wildman–Crippen MR) is 74.2 cm³/mol. The summed E-state index contributed by atoms with van der Waals surface area (Å²) in [5.74, 6) is 0.576. The summed E-state index contributed by atoms with van der Waals surface area (Å²) in [5.41, 5.74) is 6.11. The van der Waals surface area contributed by atoms with Crippen LogP contribution in [0.15, 0.2) is 22.8 Å². The number of amides is 1. The number of pyridine rings is 1. The fourth-order valence-electron chi connectivity index (χ4n) is 2.39. The van der Waals surface area contributed by atoms with Crippen molar-refractivity contribution in [1.82, 2.24) is 9.88 Å². The third kappa shape index (κ3) is 3.29. The molecule has 0 saturated carbocycles. The summed E-state index contributed by atoms with van der Waals surface area (Å²) in [4.78, 5) is 18.3. The Morgan fingerprint density at radius 2 is 2.39 bits per heavy atom. The zero-order chi connectivity index (χ0) is 13.0. The first-order valence-electron chi connectivity index (χ1n) is 6.31. The van der Waals surface area contributed by atoms with Crippen molar-refractivity contribution in [3.63, 3.8) is 0 Å². The van der Waals surface area contributed by atoms with Crippen LogP contribution in [0.5, 0.6) is 0 Å². The van der Waals surface area contributed by atoms with Gasteiger partial charge in [-0.25, -0.2) is 4.98 Å². The van der Waals surface area contributed by atoms with E-state index >= 15 is 0 Å². The zero-order valence-corrected chi connectivity index (χ0v) is 11.9. The number of hydrogen-bond acceptors (Lipinski definition) is 3. The molecule has 1 aliphatic heterocycles. The lowest BCUT2D eigenvalue weighted by Gasteiger charge is -2.32. The molecule has 1 aliphatic rings. The lowest BCUT2D eigenvalue weighted by Crippen LogP contribution is -2.40. The van der Waals surface area contributed by atoms with Crippen LogP contribution in [0.4, 0.5) is 0 Å². The quantitative estimate of drug-likeness (QED) is 0.929. The largest absolute Gasteiger partial charge is 0.337 e. The Morgan fingerprint density at radius 1 is 1.56 bits per heavy atom. The van der Waals surface area contributed by atoms with Gasteiger partial charge in [-0.1, -0.05) is 0 Å². The number of hydrogen-bond donors (Lipinski definition) is 1. The summed E-state index contributed by atoms with van der Waals surface area (Å²) >= 11 is 3.32. The van der Waals surface area contributed by atoms with E-state index in [9.17, 15) is 4.79 Å². The molecule has 5 heteroatoms. The third-order valence-corrected chi connectivity index (χ3v) is 3.80. The Hall–Kier alpha value is -0.940. The van der Waals surface area contributed by atoms with Crippen molar-refractivity contribution in [2.24, 2.45) is 11.7 Å². The van der Waals surface area contributed by atoms with Gasteiger partial charge in [0, 0.05) is 23.8 Å². The minimum atomic E-state index is 0.0317. The van der Waals surface area contributed by atoms with Crippen LogP contribution in [0.25, 0.3) is 0 Å². The second kappa shape index (κ2) is 6.29. The molecule has 98 valence electrons. The Balaban J connectivity index is 2.02. The number of piperidine rings is 1. The Kier molecular flexibility index (Phi) is 4.72. The molecule has 0 aromatic carbocycles. The van der Waals surface area contributed by atoms with Crippen LogP contribution in [0, 0.1) is 5.92 Å². The molecule has 1 aromatic rings. The van der Waals surface area contributed by atoms with E-state index in [4.69, 9.17) is 5.73 Å². The van der Waals surface area contributed by atoms with Crippen LogP contribution in [-0.4, -0.2) is 35.4 Å². The van der Waals surface area contributed by atoms with Gasteiger partial charge in [0.2, 0.25) is 0 Å². The maximum atomic E-state index is 12.3. The molecule has 0 spiro atoms. The summed E-state index contributed by atoms with van der Waals surface area (Å²) < 4.78 is 0.888. The summed E-state index contributed by atoms with van der Waals surface area (Å²) in [5, 5.41) is 0. The highest BCUT2D eigenvalue weighted by molar-refractivity contribution is 9.10. The molecule has 0 radical (unpaired) electrons. The fourth-order valence-corrected chi connectivity index (χ4v) is 2.62. The summed E-state index contributed by atoms with van der Waals surface area (Å²) in [6.07, 6.45) is 4.90. The van der Waals surface area contributed by atoms with Crippen LogP contribution < -0.4 is 5.73 Å². The number of aromatic nitrogens is 1. The first kappa shape index (κ1) is 13.5. The van der Waals surface area contributed by atoms with Gasteiger partial charge < -0.3 is 10.6 Å². The molecule has 0 aliphatic carbocycles. The van der Waals surface area contributed by atoms with Crippen LogP contribution in [0.3, 0.4) is 0 Å².